The summed E-state index contributed by atoms with van der Waals surface area (Å²) in [5, 5.41) is 13.3. The molecule has 0 radical (unpaired) electrons. The van der Waals surface area contributed by atoms with Crippen LogP contribution in [0.3, 0.4) is 0 Å². The van der Waals surface area contributed by atoms with Gasteiger partial charge in [0.05, 0.1) is 6.10 Å². The van der Waals surface area contributed by atoms with E-state index in [0.29, 0.717) is 33.9 Å². The van der Waals surface area contributed by atoms with Crippen molar-refractivity contribution >= 4 is 62.8 Å². The van der Waals surface area contributed by atoms with Crippen LogP contribution >= 0.6 is 50.7 Å². The van der Waals surface area contributed by atoms with E-state index < -0.39 is 0 Å². The normalized spacial score (nSPS) is 13.0. The molecule has 0 bridgehead atoms. The fraction of sp³-hybridized carbons (Fsp3) is 0.608. The first-order chi connectivity index (χ1) is 27.5. The second-order valence-corrected chi connectivity index (χ2v) is 19.7. The Labute approximate surface area is 379 Å². The third kappa shape index (κ3) is 32.1. The minimum atomic E-state index is -0.357. The number of benzene rings is 3. The fourth-order valence-electron chi connectivity index (χ4n) is 6.24. The lowest BCUT2D eigenvalue weighted by molar-refractivity contribution is 0.0973. The first kappa shape index (κ1) is 56.3. The Morgan fingerprint density at radius 2 is 0.914 bits per heavy atom. The first-order valence-electron chi connectivity index (χ1n) is 22.0. The van der Waals surface area contributed by atoms with Crippen molar-refractivity contribution in [1.82, 2.24) is 0 Å². The minimum absolute atomic E-state index is 0.229. The van der Waals surface area contributed by atoms with Crippen molar-refractivity contribution in [3.8, 4) is 0 Å². The number of rotatable bonds is 23. The zero-order chi connectivity index (χ0) is 43.9. The van der Waals surface area contributed by atoms with Crippen LogP contribution in [0.25, 0.3) is 0 Å². The number of ketones is 1. The van der Waals surface area contributed by atoms with Gasteiger partial charge in [-0.05, 0) is 115 Å². The van der Waals surface area contributed by atoms with Gasteiger partial charge >= 0.3 is 0 Å². The quantitative estimate of drug-likeness (QED) is 0.0586. The zero-order valence-electron chi connectivity index (χ0n) is 37.4. The highest BCUT2D eigenvalue weighted by Gasteiger charge is 2.11. The molecule has 0 amide bonds. The van der Waals surface area contributed by atoms with E-state index in [-0.39, 0.29) is 11.9 Å². The number of alkyl halides is 1. The monoisotopic (exact) mass is 922 g/mol. The Balaban J connectivity index is 0.000000781. The Hall–Kier alpha value is -1.69. The molecule has 7 heteroatoms. The molecule has 0 aliphatic heterocycles. The largest absolute Gasteiger partial charge is 0.388 e. The second-order valence-electron chi connectivity index (χ2n) is 17.6. The third-order valence-electron chi connectivity index (χ3n) is 10.3. The van der Waals surface area contributed by atoms with Crippen molar-refractivity contribution in [2.75, 3.05) is 5.33 Å². The lowest BCUT2D eigenvalue weighted by Crippen LogP contribution is -2.03. The lowest BCUT2D eigenvalue weighted by atomic mass is 9.93. The van der Waals surface area contributed by atoms with E-state index in [4.69, 9.17) is 34.8 Å². The maximum absolute atomic E-state index is 12.0. The van der Waals surface area contributed by atoms with Gasteiger partial charge in [-0.15, -0.1) is 0 Å². The molecular formula is C51H78BrCl3O3. The number of hydrogen-bond donors (Lipinski definition) is 1. The Bertz CT molecular complexity index is 1420. The maximum Gasteiger partial charge on any atom is 0.162 e. The van der Waals surface area contributed by atoms with Crippen LogP contribution in [0.2, 0.25) is 15.1 Å². The van der Waals surface area contributed by atoms with Crippen LogP contribution < -0.4 is 0 Å². The van der Waals surface area contributed by atoms with Crippen LogP contribution in [-0.4, -0.2) is 22.5 Å². The number of hydrogen-bond acceptors (Lipinski definition) is 3. The Morgan fingerprint density at radius 1 is 0.534 bits per heavy atom. The van der Waals surface area contributed by atoms with Gasteiger partial charge in [0.2, 0.25) is 0 Å². The molecule has 3 rings (SSSR count). The van der Waals surface area contributed by atoms with E-state index >= 15 is 0 Å². The van der Waals surface area contributed by atoms with Gasteiger partial charge in [0.1, 0.15) is 6.29 Å². The van der Waals surface area contributed by atoms with E-state index in [0.717, 1.165) is 70.7 Å². The molecule has 4 unspecified atom stereocenters. The van der Waals surface area contributed by atoms with Gasteiger partial charge in [-0.2, -0.15) is 0 Å². The average molecular weight is 925 g/mol. The van der Waals surface area contributed by atoms with E-state index in [1.807, 2.05) is 36.4 Å². The third-order valence-corrected chi connectivity index (χ3v) is 11.5. The van der Waals surface area contributed by atoms with Crippen molar-refractivity contribution in [2.45, 2.75) is 158 Å². The summed E-state index contributed by atoms with van der Waals surface area (Å²) in [5.41, 5.74) is 2.40. The predicted octanol–water partition coefficient (Wildman–Crippen LogP) is 17.8. The Morgan fingerprint density at radius 3 is 1.31 bits per heavy atom. The zero-order valence-corrected chi connectivity index (χ0v) is 41.3. The summed E-state index contributed by atoms with van der Waals surface area (Å²) < 4.78 is 0. The Kier molecular flexibility index (Phi) is 33.9. The van der Waals surface area contributed by atoms with Gasteiger partial charge in [0, 0.05) is 37.9 Å². The van der Waals surface area contributed by atoms with Gasteiger partial charge in [-0.3, -0.25) is 9.59 Å². The molecule has 328 valence electrons. The number of carbonyl (C=O) groups is 2. The molecule has 3 aromatic rings. The number of aldehydes is 1. The van der Waals surface area contributed by atoms with E-state index in [9.17, 15) is 14.7 Å². The van der Waals surface area contributed by atoms with Crippen molar-refractivity contribution in [3.63, 3.8) is 0 Å². The molecule has 0 saturated heterocycles. The van der Waals surface area contributed by atoms with E-state index in [1.165, 1.54) is 64.2 Å². The standard InChI is InChI=1S/C17H27ClO.C17H25ClO.C10H21Br.C7H5ClO/c2*1-13(2)5-4-6-14(3)7-12-17(19)15-8-10-16(18)11-9-15;1-9(2)5-4-6-10(3)7-8-11;8-7-3-1-6(5-9)2-4-7/h8-11,13-14,17,19H,4-7,12H2,1-3H3;8-11,13-14H,4-7,12H2,1-3H3;9-10H,4-8H2,1-3H3;1-5H. The van der Waals surface area contributed by atoms with Crippen molar-refractivity contribution in [1.29, 1.82) is 0 Å². The van der Waals surface area contributed by atoms with Crippen molar-refractivity contribution in [3.05, 3.63) is 105 Å². The predicted molar refractivity (Wildman–Crippen MR) is 259 cm³/mol. The highest BCUT2D eigenvalue weighted by atomic mass is 79.9. The van der Waals surface area contributed by atoms with Crippen molar-refractivity contribution in [2.24, 2.45) is 35.5 Å². The van der Waals surface area contributed by atoms with Crippen LogP contribution in [-0.2, 0) is 0 Å². The SMILES string of the molecule is CC(C)CCCC(C)CCBr.CC(C)CCCC(C)CCC(=O)c1ccc(Cl)cc1.CC(C)CCCC(C)CCC(O)c1ccc(Cl)cc1.O=Cc1ccc(Cl)cc1. The van der Waals surface area contributed by atoms with Crippen LogP contribution in [0.15, 0.2) is 72.8 Å². The summed E-state index contributed by atoms with van der Waals surface area (Å²) in [5.74, 6) is 4.93. The highest BCUT2D eigenvalue weighted by Crippen LogP contribution is 2.25. The lowest BCUT2D eigenvalue weighted by Gasteiger charge is -2.15. The minimum Gasteiger partial charge on any atom is -0.388 e. The number of aliphatic hydroxyl groups is 1. The van der Waals surface area contributed by atoms with Crippen LogP contribution in [0, 0.1) is 35.5 Å². The average Bonchev–Trinajstić information content (AvgIpc) is 3.17. The first-order valence-corrected chi connectivity index (χ1v) is 24.2. The molecule has 4 atom stereocenters. The summed E-state index contributed by atoms with van der Waals surface area (Å²) in [7, 11) is 0. The molecule has 1 N–H and O–H groups in total. The van der Waals surface area contributed by atoms with Crippen LogP contribution in [0.1, 0.15) is 185 Å². The topological polar surface area (TPSA) is 54.4 Å². The molecule has 3 nitrogen and oxygen atoms in total. The van der Waals surface area contributed by atoms with Crippen LogP contribution in [0.5, 0.6) is 0 Å². The fourth-order valence-corrected chi connectivity index (χ4v) is 7.40. The maximum atomic E-state index is 12.0. The molecule has 0 fully saturated rings. The molecule has 0 spiro atoms. The summed E-state index contributed by atoms with van der Waals surface area (Å²) in [6.07, 6.45) is 17.2. The van der Waals surface area contributed by atoms with Gasteiger partial charge in [-0.25, -0.2) is 0 Å². The summed E-state index contributed by atoms with van der Waals surface area (Å²) in [6, 6.07) is 21.4. The number of halogens is 4. The number of carbonyl (C=O) groups excluding carboxylic acids is 2. The molecule has 0 aliphatic rings. The molecule has 58 heavy (non-hydrogen) atoms. The summed E-state index contributed by atoms with van der Waals surface area (Å²) >= 11 is 20.7. The smallest absolute Gasteiger partial charge is 0.162 e. The molecule has 0 aromatic heterocycles. The molecule has 3 aromatic carbocycles. The molecular weight excluding hydrogens is 847 g/mol. The van der Waals surface area contributed by atoms with Crippen molar-refractivity contribution < 1.29 is 14.7 Å². The van der Waals surface area contributed by atoms with Gasteiger partial charge < -0.3 is 5.11 Å². The molecule has 0 saturated carbocycles. The van der Waals surface area contributed by atoms with Gasteiger partial charge in [0.25, 0.3) is 0 Å². The second kappa shape index (κ2) is 35.0. The molecule has 0 heterocycles. The van der Waals surface area contributed by atoms with E-state index in [1.54, 1.807) is 36.4 Å². The van der Waals surface area contributed by atoms with Crippen LogP contribution in [0.4, 0.5) is 0 Å². The summed E-state index contributed by atoms with van der Waals surface area (Å²) in [6.45, 7) is 20.5. The number of Topliss-reactive ketones (excluding diaryl/α,β-unsaturated/α-hetero) is 1. The molecule has 0 aliphatic carbocycles. The van der Waals surface area contributed by atoms with Gasteiger partial charge in [-0.1, -0.05) is 195 Å². The van der Waals surface area contributed by atoms with Gasteiger partial charge in [0.15, 0.2) is 5.78 Å². The summed E-state index contributed by atoms with van der Waals surface area (Å²) in [4.78, 5) is 22.1. The highest BCUT2D eigenvalue weighted by molar-refractivity contribution is 9.09. The number of aliphatic hydroxyl groups excluding tert-OH is 1. The van der Waals surface area contributed by atoms with E-state index in [2.05, 4.69) is 78.2 Å².